The van der Waals surface area contributed by atoms with Crippen LogP contribution >= 0.6 is 12.2 Å². The zero-order chi connectivity index (χ0) is 14.4. The average molecular weight is 278 g/mol. The molecule has 4 nitrogen and oxygen atoms in total. The predicted molar refractivity (Wildman–Crippen MR) is 80.6 cm³/mol. The lowest BCUT2D eigenvalue weighted by atomic mass is 10.1. The van der Waals surface area contributed by atoms with Crippen molar-refractivity contribution in [2.24, 2.45) is 0 Å². The van der Waals surface area contributed by atoms with Crippen molar-refractivity contribution in [1.82, 2.24) is 4.90 Å². The van der Waals surface area contributed by atoms with Gasteiger partial charge in [0, 0.05) is 24.3 Å². The predicted octanol–water partition coefficient (Wildman–Crippen LogP) is 2.50. The number of rotatable bonds is 4. The Hall–Kier alpha value is -1.75. The molecular formula is C14H18N2O2S. The molecule has 0 bridgehead atoms. The number of nitrogens with one attached hydrogen (secondary N) is 1. The van der Waals surface area contributed by atoms with E-state index in [0.29, 0.717) is 24.3 Å². The summed E-state index contributed by atoms with van der Waals surface area (Å²) in [5, 5.41) is 2.72. The summed E-state index contributed by atoms with van der Waals surface area (Å²) < 4.78 is 0. The van der Waals surface area contributed by atoms with E-state index in [9.17, 15) is 9.59 Å². The molecule has 1 N–H and O–H groups in total. The van der Waals surface area contributed by atoms with Crippen molar-refractivity contribution in [3.63, 3.8) is 0 Å². The molecule has 0 aromatic heterocycles. The van der Waals surface area contributed by atoms with Crippen molar-refractivity contribution in [3.8, 4) is 0 Å². The van der Waals surface area contributed by atoms with E-state index in [4.69, 9.17) is 12.2 Å². The van der Waals surface area contributed by atoms with Crippen LogP contribution in [0, 0.1) is 0 Å². The summed E-state index contributed by atoms with van der Waals surface area (Å²) in [6, 6.07) is 6.75. The van der Waals surface area contributed by atoms with Crippen molar-refractivity contribution in [2.75, 3.05) is 18.4 Å². The number of hydrogen-bond donors (Lipinski definition) is 1. The number of carbonyl (C=O) groups excluding carboxylic acids is 2. The molecule has 5 heteroatoms. The summed E-state index contributed by atoms with van der Waals surface area (Å²) in [5.41, 5.74) is 1.24. The van der Waals surface area contributed by atoms with Crippen molar-refractivity contribution < 1.29 is 9.59 Å². The molecular weight excluding hydrogens is 260 g/mol. The summed E-state index contributed by atoms with van der Waals surface area (Å²) in [7, 11) is 0. The fourth-order valence-corrected chi connectivity index (χ4v) is 1.94. The summed E-state index contributed by atoms with van der Waals surface area (Å²) in [6.07, 6.45) is 0. The molecule has 1 aromatic carbocycles. The zero-order valence-electron chi connectivity index (χ0n) is 11.4. The average Bonchev–Trinajstić information content (AvgIpc) is 2.40. The van der Waals surface area contributed by atoms with Crippen molar-refractivity contribution in [3.05, 3.63) is 29.8 Å². The summed E-state index contributed by atoms with van der Waals surface area (Å²) >= 11 is 5.12. The van der Waals surface area contributed by atoms with Gasteiger partial charge in [-0.1, -0.05) is 12.2 Å². The largest absolute Gasteiger partial charge is 0.359 e. The third-order valence-electron chi connectivity index (χ3n) is 2.79. The van der Waals surface area contributed by atoms with Gasteiger partial charge in [-0.3, -0.25) is 9.59 Å². The first-order chi connectivity index (χ1) is 8.99. The van der Waals surface area contributed by atoms with Gasteiger partial charge in [0.05, 0.1) is 0 Å². The molecule has 0 aliphatic rings. The maximum absolute atomic E-state index is 11.9. The number of ketones is 1. The zero-order valence-corrected chi connectivity index (χ0v) is 12.2. The van der Waals surface area contributed by atoms with Crippen LogP contribution in [0.3, 0.4) is 0 Å². The van der Waals surface area contributed by atoms with Crippen LogP contribution in [0.4, 0.5) is 5.69 Å². The summed E-state index contributed by atoms with van der Waals surface area (Å²) in [4.78, 5) is 25.2. The molecule has 102 valence electrons. The third kappa shape index (κ3) is 4.13. The Balaban J connectivity index is 2.71. The topological polar surface area (TPSA) is 49.4 Å². The molecule has 0 heterocycles. The van der Waals surface area contributed by atoms with Crippen LogP contribution in [0.5, 0.6) is 0 Å². The lowest BCUT2D eigenvalue weighted by Crippen LogP contribution is -2.38. The van der Waals surface area contributed by atoms with Gasteiger partial charge in [-0.05, 0) is 45.0 Å². The van der Waals surface area contributed by atoms with Crippen LogP contribution in [-0.2, 0) is 4.79 Å². The molecule has 0 saturated carbocycles. The molecule has 0 saturated heterocycles. The van der Waals surface area contributed by atoms with Gasteiger partial charge < -0.3 is 10.2 Å². The molecule has 0 aliphatic heterocycles. The molecule has 1 amide bonds. The van der Waals surface area contributed by atoms with Gasteiger partial charge in [0.1, 0.15) is 0 Å². The van der Waals surface area contributed by atoms with E-state index in [0.717, 1.165) is 0 Å². The fourth-order valence-electron chi connectivity index (χ4n) is 1.63. The number of anilines is 1. The standard InChI is InChI=1S/C14H18N2O2S/c1-4-16(5-2)14(19)13(18)15-12-8-6-11(7-9-12)10(3)17/h6-9H,4-5H2,1-3H3,(H,15,18). The molecule has 19 heavy (non-hydrogen) atoms. The van der Waals surface area contributed by atoms with E-state index >= 15 is 0 Å². The third-order valence-corrected chi connectivity index (χ3v) is 3.24. The molecule has 0 atom stereocenters. The summed E-state index contributed by atoms with van der Waals surface area (Å²) in [5.74, 6) is -0.300. The lowest BCUT2D eigenvalue weighted by Gasteiger charge is -2.20. The van der Waals surface area contributed by atoms with Gasteiger partial charge in [0.2, 0.25) is 0 Å². The SMILES string of the molecule is CCN(CC)C(=S)C(=O)Nc1ccc(C(C)=O)cc1. The van der Waals surface area contributed by atoms with Crippen molar-refractivity contribution >= 4 is 34.6 Å². The first-order valence-electron chi connectivity index (χ1n) is 6.20. The first-order valence-corrected chi connectivity index (χ1v) is 6.61. The number of likely N-dealkylation sites (N-methyl/N-ethyl adjacent to an activating group) is 1. The minimum Gasteiger partial charge on any atom is -0.359 e. The van der Waals surface area contributed by atoms with Gasteiger partial charge in [-0.2, -0.15) is 0 Å². The molecule has 0 spiro atoms. The first kappa shape index (κ1) is 15.3. The highest BCUT2D eigenvalue weighted by Crippen LogP contribution is 2.10. The molecule has 0 radical (unpaired) electrons. The van der Waals surface area contributed by atoms with Gasteiger partial charge in [-0.25, -0.2) is 0 Å². The minimum atomic E-state index is -0.297. The van der Waals surface area contributed by atoms with E-state index < -0.39 is 0 Å². The Bertz CT molecular complexity index is 479. The van der Waals surface area contributed by atoms with E-state index in [2.05, 4.69) is 5.32 Å². The van der Waals surface area contributed by atoms with Gasteiger partial charge in [0.25, 0.3) is 5.91 Å². The Kier molecular flexibility index (Phi) is 5.63. The van der Waals surface area contributed by atoms with E-state index in [-0.39, 0.29) is 16.7 Å². The van der Waals surface area contributed by atoms with Crippen LogP contribution in [0.25, 0.3) is 0 Å². The van der Waals surface area contributed by atoms with Gasteiger partial charge >= 0.3 is 0 Å². The maximum Gasteiger partial charge on any atom is 0.283 e. The second kappa shape index (κ2) is 6.99. The van der Waals surface area contributed by atoms with Crippen molar-refractivity contribution in [2.45, 2.75) is 20.8 Å². The van der Waals surface area contributed by atoms with E-state index in [1.807, 2.05) is 18.7 Å². The van der Waals surface area contributed by atoms with E-state index in [1.165, 1.54) is 6.92 Å². The fraction of sp³-hybridized carbons (Fsp3) is 0.357. The maximum atomic E-state index is 11.9. The highest BCUT2D eigenvalue weighted by atomic mass is 32.1. The molecule has 0 fully saturated rings. The van der Waals surface area contributed by atoms with Crippen LogP contribution in [-0.4, -0.2) is 34.7 Å². The highest BCUT2D eigenvalue weighted by Gasteiger charge is 2.14. The molecule has 1 aromatic rings. The smallest absolute Gasteiger partial charge is 0.283 e. The summed E-state index contributed by atoms with van der Waals surface area (Å²) in [6.45, 7) is 6.80. The van der Waals surface area contributed by atoms with Gasteiger partial charge in [-0.15, -0.1) is 0 Å². The Labute approximate surface area is 118 Å². The number of carbonyl (C=O) groups is 2. The second-order valence-corrected chi connectivity index (χ2v) is 4.45. The second-order valence-electron chi connectivity index (χ2n) is 4.07. The number of hydrogen-bond acceptors (Lipinski definition) is 3. The van der Waals surface area contributed by atoms with Gasteiger partial charge in [0.15, 0.2) is 10.8 Å². The quantitative estimate of drug-likeness (QED) is 0.679. The molecule has 0 unspecified atom stereocenters. The number of amides is 1. The van der Waals surface area contributed by atoms with Crippen LogP contribution < -0.4 is 5.32 Å². The Morgan fingerprint density at radius 1 is 1.16 bits per heavy atom. The lowest BCUT2D eigenvalue weighted by molar-refractivity contribution is -0.110. The Morgan fingerprint density at radius 2 is 1.68 bits per heavy atom. The monoisotopic (exact) mass is 278 g/mol. The number of nitrogens with zero attached hydrogens (tertiary/aromatic N) is 1. The minimum absolute atomic E-state index is 0.00321. The van der Waals surface area contributed by atoms with Crippen LogP contribution in [0.15, 0.2) is 24.3 Å². The number of Topliss-reactive ketones (excluding diaryl/α,β-unsaturated/α-hetero) is 1. The highest BCUT2D eigenvalue weighted by molar-refractivity contribution is 7.82. The number of benzene rings is 1. The van der Waals surface area contributed by atoms with Crippen molar-refractivity contribution in [1.29, 1.82) is 0 Å². The molecule has 1 rings (SSSR count). The Morgan fingerprint density at radius 3 is 2.11 bits per heavy atom. The van der Waals surface area contributed by atoms with Crippen LogP contribution in [0.2, 0.25) is 0 Å². The van der Waals surface area contributed by atoms with Crippen LogP contribution in [0.1, 0.15) is 31.1 Å². The van der Waals surface area contributed by atoms with E-state index in [1.54, 1.807) is 24.3 Å². The number of thiocarbonyl (C=S) groups is 1. The normalized spacial score (nSPS) is 9.84. The molecule has 0 aliphatic carbocycles.